The molecule has 0 spiro atoms. The summed E-state index contributed by atoms with van der Waals surface area (Å²) in [5, 5.41) is 0. The molecule has 1 aromatic carbocycles. The van der Waals surface area contributed by atoms with Crippen LogP contribution in [0.2, 0.25) is 0 Å². The molecule has 2 nitrogen and oxygen atoms in total. The minimum absolute atomic E-state index is 0.145. The van der Waals surface area contributed by atoms with E-state index < -0.39 is 7.80 Å². The van der Waals surface area contributed by atoms with Crippen molar-refractivity contribution in [2.75, 3.05) is 6.16 Å². The third kappa shape index (κ3) is 3.55. The second kappa shape index (κ2) is 6.63. The minimum atomic E-state index is -1.77. The average molecular weight is 291 g/mol. The molecular weight excluding hydrogens is 267 g/mol. The molecule has 1 aliphatic rings. The molecular formula is C17H24O2P+. The van der Waals surface area contributed by atoms with Crippen molar-refractivity contribution < 1.29 is 9.36 Å². The van der Waals surface area contributed by atoms with Crippen LogP contribution in [0.4, 0.5) is 0 Å². The van der Waals surface area contributed by atoms with Crippen LogP contribution in [-0.2, 0) is 4.57 Å². The van der Waals surface area contributed by atoms with E-state index in [4.69, 9.17) is 0 Å². The molecule has 2 rings (SSSR count). The van der Waals surface area contributed by atoms with E-state index in [0.717, 1.165) is 23.1 Å². The molecule has 1 unspecified atom stereocenters. The van der Waals surface area contributed by atoms with Crippen molar-refractivity contribution in [2.45, 2.75) is 52.9 Å². The van der Waals surface area contributed by atoms with Crippen LogP contribution in [0.25, 0.3) is 0 Å². The molecule has 1 aromatic rings. The van der Waals surface area contributed by atoms with Gasteiger partial charge in [0.15, 0.2) is 6.16 Å². The Bertz CT molecular complexity index is 505. The van der Waals surface area contributed by atoms with Gasteiger partial charge in [0.05, 0.1) is 5.56 Å². The first-order valence-corrected chi connectivity index (χ1v) is 9.00. The largest absolute Gasteiger partial charge is 0.420 e. The first-order chi connectivity index (χ1) is 9.49. The number of carbonyl (C=O) groups excluding carboxylic acids is 1. The first-order valence-electron chi connectivity index (χ1n) is 7.56. The monoisotopic (exact) mass is 291 g/mol. The van der Waals surface area contributed by atoms with Crippen LogP contribution in [0.1, 0.15) is 59.2 Å². The van der Waals surface area contributed by atoms with Crippen LogP contribution in [0.3, 0.4) is 0 Å². The molecule has 0 aliphatic heterocycles. The standard InChI is InChI=1S/C17H24O2P/c1-12-10-13(2)16(14(3)11-12)17(18)20(19)9-8-15-6-4-5-7-15/h10-11,15H,4-9H2,1-3H3/q+1. The van der Waals surface area contributed by atoms with E-state index in [1.54, 1.807) is 0 Å². The Morgan fingerprint density at radius 3 is 2.25 bits per heavy atom. The smallest absolute Gasteiger partial charge is 0.234 e. The van der Waals surface area contributed by atoms with Gasteiger partial charge in [0, 0.05) is 0 Å². The fourth-order valence-electron chi connectivity index (χ4n) is 3.34. The molecule has 1 aliphatic carbocycles. The van der Waals surface area contributed by atoms with Crippen molar-refractivity contribution >= 4 is 13.3 Å². The first kappa shape index (κ1) is 15.4. The van der Waals surface area contributed by atoms with Crippen molar-refractivity contribution in [1.29, 1.82) is 0 Å². The number of hydrogen-bond donors (Lipinski definition) is 0. The van der Waals surface area contributed by atoms with Gasteiger partial charge in [-0.3, -0.25) is 0 Å². The Balaban J connectivity index is 2.04. The van der Waals surface area contributed by atoms with Crippen molar-refractivity contribution in [3.8, 4) is 0 Å². The summed E-state index contributed by atoms with van der Waals surface area (Å²) in [6.07, 6.45) is 6.60. The highest BCUT2D eigenvalue weighted by molar-refractivity contribution is 7.64. The van der Waals surface area contributed by atoms with Gasteiger partial charge in [0.2, 0.25) is 0 Å². The molecule has 1 atom stereocenters. The van der Waals surface area contributed by atoms with E-state index in [1.807, 2.05) is 32.9 Å². The molecule has 0 saturated heterocycles. The lowest BCUT2D eigenvalue weighted by atomic mass is 10.0. The van der Waals surface area contributed by atoms with E-state index in [9.17, 15) is 9.36 Å². The Labute approximate surface area is 122 Å². The fraction of sp³-hybridized carbons (Fsp3) is 0.588. The molecule has 0 amide bonds. The Hall–Kier alpha value is -1.01. The predicted octanol–water partition coefficient (Wildman–Crippen LogP) is 5.16. The normalized spacial score (nSPS) is 16.4. The van der Waals surface area contributed by atoms with Crippen molar-refractivity contribution in [3.05, 3.63) is 34.4 Å². The predicted molar refractivity (Wildman–Crippen MR) is 84.0 cm³/mol. The van der Waals surface area contributed by atoms with Crippen LogP contribution in [-0.4, -0.2) is 11.7 Å². The second-order valence-corrected chi connectivity index (χ2v) is 7.73. The summed E-state index contributed by atoms with van der Waals surface area (Å²) in [5.41, 5.74) is 3.60. The summed E-state index contributed by atoms with van der Waals surface area (Å²) in [4.78, 5) is 12.4. The van der Waals surface area contributed by atoms with Crippen LogP contribution in [0, 0.1) is 26.7 Å². The Morgan fingerprint density at radius 1 is 1.15 bits per heavy atom. The van der Waals surface area contributed by atoms with Gasteiger partial charge in [0.25, 0.3) is 0 Å². The zero-order valence-corrected chi connectivity index (χ0v) is 13.6. The molecule has 1 fully saturated rings. The molecule has 108 valence electrons. The average Bonchev–Trinajstić information content (AvgIpc) is 2.87. The summed E-state index contributed by atoms with van der Waals surface area (Å²) in [6, 6.07) is 4.00. The van der Waals surface area contributed by atoms with Crippen molar-refractivity contribution in [1.82, 2.24) is 0 Å². The van der Waals surface area contributed by atoms with Crippen molar-refractivity contribution in [2.24, 2.45) is 5.92 Å². The van der Waals surface area contributed by atoms with Gasteiger partial charge in [-0.2, -0.15) is 0 Å². The number of rotatable bonds is 5. The molecule has 0 aromatic heterocycles. The van der Waals surface area contributed by atoms with Gasteiger partial charge in [-0.05, 0) is 44.2 Å². The van der Waals surface area contributed by atoms with Crippen LogP contribution >= 0.6 is 7.80 Å². The highest BCUT2D eigenvalue weighted by atomic mass is 31.1. The zero-order valence-electron chi connectivity index (χ0n) is 12.7. The quantitative estimate of drug-likeness (QED) is 0.702. The van der Waals surface area contributed by atoms with Gasteiger partial charge in [-0.25, -0.2) is 4.79 Å². The maximum absolute atomic E-state index is 12.4. The van der Waals surface area contributed by atoms with Gasteiger partial charge < -0.3 is 0 Å². The molecule has 3 heteroatoms. The highest BCUT2D eigenvalue weighted by Gasteiger charge is 2.33. The maximum atomic E-state index is 12.4. The molecule has 1 saturated carbocycles. The molecule has 0 heterocycles. The van der Waals surface area contributed by atoms with E-state index in [1.165, 1.54) is 25.7 Å². The summed E-state index contributed by atoms with van der Waals surface area (Å²) in [7, 11) is -1.77. The lowest BCUT2D eigenvalue weighted by Gasteiger charge is -2.06. The maximum Gasteiger partial charge on any atom is 0.420 e. The molecule has 0 bridgehead atoms. The number of hydrogen-bond acceptors (Lipinski definition) is 2. The zero-order chi connectivity index (χ0) is 14.7. The lowest BCUT2D eigenvalue weighted by Crippen LogP contribution is -2.04. The van der Waals surface area contributed by atoms with E-state index in [2.05, 4.69) is 0 Å². The topological polar surface area (TPSA) is 34.1 Å². The Morgan fingerprint density at radius 2 is 1.70 bits per heavy atom. The summed E-state index contributed by atoms with van der Waals surface area (Å²) in [5.74, 6) is 0.696. The van der Waals surface area contributed by atoms with E-state index in [0.29, 0.717) is 17.6 Å². The van der Waals surface area contributed by atoms with Gasteiger partial charge in [-0.15, -0.1) is 0 Å². The van der Waals surface area contributed by atoms with Gasteiger partial charge in [0.1, 0.15) is 0 Å². The second-order valence-electron chi connectivity index (χ2n) is 6.12. The summed E-state index contributed by atoms with van der Waals surface area (Å²) < 4.78 is 12.3. The third-order valence-corrected chi connectivity index (χ3v) is 5.67. The molecule has 20 heavy (non-hydrogen) atoms. The fourth-order valence-corrected chi connectivity index (χ4v) is 4.75. The van der Waals surface area contributed by atoms with E-state index in [-0.39, 0.29) is 5.52 Å². The summed E-state index contributed by atoms with van der Waals surface area (Å²) >= 11 is 0. The number of carbonyl (C=O) groups is 1. The Kier molecular flexibility index (Phi) is 5.10. The summed E-state index contributed by atoms with van der Waals surface area (Å²) in [6.45, 7) is 5.90. The van der Waals surface area contributed by atoms with Gasteiger partial charge >= 0.3 is 13.3 Å². The highest BCUT2D eigenvalue weighted by Crippen LogP contribution is 2.35. The number of benzene rings is 1. The lowest BCUT2D eigenvalue weighted by molar-refractivity contribution is 0.107. The van der Waals surface area contributed by atoms with Gasteiger partial charge in [-0.1, -0.05) is 47.9 Å². The number of aryl methyl sites for hydroxylation is 3. The SMILES string of the molecule is Cc1cc(C)c(C(=O)[P+](=O)CCC2CCCC2)c(C)c1. The van der Waals surface area contributed by atoms with Crippen LogP contribution in [0.5, 0.6) is 0 Å². The third-order valence-electron chi connectivity index (χ3n) is 4.33. The van der Waals surface area contributed by atoms with Crippen LogP contribution in [0.15, 0.2) is 12.1 Å². The molecule has 0 N–H and O–H groups in total. The minimum Gasteiger partial charge on any atom is -0.234 e. The van der Waals surface area contributed by atoms with Crippen LogP contribution < -0.4 is 0 Å². The van der Waals surface area contributed by atoms with E-state index >= 15 is 0 Å². The van der Waals surface area contributed by atoms with Crippen molar-refractivity contribution in [3.63, 3.8) is 0 Å². The molecule has 0 radical (unpaired) electrons.